The lowest BCUT2D eigenvalue weighted by molar-refractivity contribution is -0.165. The highest BCUT2D eigenvalue weighted by Gasteiger charge is 2.64. The number of ether oxygens (including phenoxy) is 2. The van der Waals surface area contributed by atoms with Crippen molar-refractivity contribution >= 4 is 16.1 Å². The number of hydrogen-bond acceptors (Lipinski definition) is 6. The van der Waals surface area contributed by atoms with Gasteiger partial charge in [-0.05, 0) is 62.2 Å². The molecule has 0 aromatic rings. The van der Waals surface area contributed by atoms with E-state index in [1.807, 2.05) is 0 Å². The molecule has 0 saturated heterocycles. The minimum Gasteiger partial charge on any atom is -0.459 e. The number of aliphatic hydroxyl groups is 1. The summed E-state index contributed by atoms with van der Waals surface area (Å²) < 4.78 is 92.7. The third-order valence-corrected chi connectivity index (χ3v) is 7.95. The molecule has 0 aromatic heterocycles. The number of carbonyl (C=O) groups excluding carboxylic acids is 1. The Morgan fingerprint density at radius 3 is 2.34 bits per heavy atom. The zero-order chi connectivity index (χ0) is 23.9. The molecule has 6 atom stereocenters. The molecule has 12 heteroatoms. The minimum atomic E-state index is -6.24. The summed E-state index contributed by atoms with van der Waals surface area (Å²) in [7, 11) is -6.24. The summed E-state index contributed by atoms with van der Waals surface area (Å²) >= 11 is 0. The van der Waals surface area contributed by atoms with E-state index in [4.69, 9.17) is 14.0 Å². The first-order chi connectivity index (χ1) is 14.7. The van der Waals surface area contributed by atoms with Crippen molar-refractivity contribution in [2.75, 3.05) is 13.2 Å². The van der Waals surface area contributed by atoms with Crippen LogP contribution < -0.4 is 0 Å². The van der Waals surface area contributed by atoms with Crippen LogP contribution in [-0.2, 0) is 24.4 Å². The van der Waals surface area contributed by atoms with Crippen molar-refractivity contribution in [2.24, 2.45) is 23.7 Å². The summed E-state index contributed by atoms with van der Waals surface area (Å²) in [5, 5.41) is 4.47. The fourth-order valence-electron chi connectivity index (χ4n) is 5.46. The summed E-state index contributed by atoms with van der Waals surface area (Å²) in [5.74, 6) is -3.94. The molecule has 2 bridgehead atoms. The van der Waals surface area contributed by atoms with Gasteiger partial charge in [-0.2, -0.15) is 26.0 Å². The molecule has 184 valence electrons. The van der Waals surface area contributed by atoms with Gasteiger partial charge >= 0.3 is 27.3 Å². The molecular weight excluding hydrogens is 460 g/mol. The number of carbonyl (C=O) groups is 1. The fraction of sp³-hybridized carbons (Fsp3) is 0.850. The van der Waals surface area contributed by atoms with Crippen LogP contribution in [0.3, 0.4) is 0 Å². The van der Waals surface area contributed by atoms with Gasteiger partial charge in [-0.15, -0.1) is 0 Å². The number of fused-ring (bicyclic) bond motifs is 5. The number of hydrogen-bond donors (Lipinski definition) is 2. The quantitative estimate of drug-likeness (QED) is 0.151. The second kappa shape index (κ2) is 9.19. The van der Waals surface area contributed by atoms with Crippen molar-refractivity contribution in [1.29, 1.82) is 0 Å². The van der Waals surface area contributed by atoms with E-state index in [-0.39, 0.29) is 43.3 Å². The Bertz CT molecular complexity index is 832. The summed E-state index contributed by atoms with van der Waals surface area (Å²) in [5.41, 5.74) is 0.0355. The first-order valence-corrected chi connectivity index (χ1v) is 12.1. The van der Waals surface area contributed by atoms with Crippen molar-refractivity contribution < 1.29 is 49.9 Å². The van der Waals surface area contributed by atoms with Gasteiger partial charge in [-0.1, -0.05) is 6.58 Å². The van der Waals surface area contributed by atoms with Crippen LogP contribution in [0.15, 0.2) is 12.2 Å². The zero-order valence-electron chi connectivity index (χ0n) is 17.4. The lowest BCUT2D eigenvalue weighted by Gasteiger charge is -2.27. The molecule has 3 fully saturated rings. The Balaban J connectivity index is 1.31. The van der Waals surface area contributed by atoms with Crippen LogP contribution in [0.25, 0.3) is 0 Å². The normalized spacial score (nSPS) is 32.2. The van der Waals surface area contributed by atoms with Gasteiger partial charge in [0.25, 0.3) is 0 Å². The third kappa shape index (κ3) is 4.97. The number of unbranched alkanes of at least 4 members (excludes halogenated alkanes) is 1. The van der Waals surface area contributed by atoms with Crippen molar-refractivity contribution in [3.63, 3.8) is 0 Å². The Kier molecular flexibility index (Phi) is 7.29. The highest BCUT2D eigenvalue weighted by Crippen LogP contribution is 2.59. The van der Waals surface area contributed by atoms with Crippen LogP contribution in [0.5, 0.6) is 0 Å². The lowest BCUT2D eigenvalue weighted by Crippen LogP contribution is -2.46. The Morgan fingerprint density at radius 1 is 1.03 bits per heavy atom. The first kappa shape index (κ1) is 25.4. The molecule has 0 radical (unpaired) electrons. The molecule has 0 aromatic carbocycles. The van der Waals surface area contributed by atoms with Crippen LogP contribution in [-0.4, -0.2) is 60.6 Å². The molecule has 3 saturated carbocycles. The molecule has 6 unspecified atom stereocenters. The molecule has 0 heterocycles. The van der Waals surface area contributed by atoms with E-state index in [0.29, 0.717) is 24.2 Å². The van der Waals surface area contributed by atoms with Gasteiger partial charge in [-0.3, -0.25) is 4.55 Å². The van der Waals surface area contributed by atoms with Crippen LogP contribution in [0.4, 0.5) is 17.6 Å². The molecule has 32 heavy (non-hydrogen) atoms. The van der Waals surface area contributed by atoms with Gasteiger partial charge in [0, 0.05) is 13.0 Å². The van der Waals surface area contributed by atoms with Crippen molar-refractivity contribution in [3.8, 4) is 0 Å². The van der Waals surface area contributed by atoms with Gasteiger partial charge in [0.05, 0.1) is 18.3 Å². The second-order valence-electron chi connectivity index (χ2n) is 9.10. The number of alkyl halides is 4. The van der Waals surface area contributed by atoms with E-state index in [2.05, 4.69) is 6.58 Å². The molecule has 7 nitrogen and oxygen atoms in total. The molecule has 2 N–H and O–H groups in total. The highest BCUT2D eigenvalue weighted by atomic mass is 32.2. The van der Waals surface area contributed by atoms with Crippen LogP contribution >= 0.6 is 0 Å². The Morgan fingerprint density at radius 2 is 1.69 bits per heavy atom. The van der Waals surface area contributed by atoms with Crippen LogP contribution in [0.2, 0.25) is 0 Å². The van der Waals surface area contributed by atoms with Crippen LogP contribution in [0, 0.1) is 23.7 Å². The van der Waals surface area contributed by atoms with Crippen molar-refractivity contribution in [3.05, 3.63) is 12.2 Å². The predicted octanol–water partition coefficient (Wildman–Crippen LogP) is 3.18. The summed E-state index contributed by atoms with van der Waals surface area (Å²) in [6, 6.07) is 0. The lowest BCUT2D eigenvalue weighted by atomic mass is 9.80. The monoisotopic (exact) mass is 488 g/mol. The summed E-state index contributed by atoms with van der Waals surface area (Å²) in [4.78, 5) is 12.2. The van der Waals surface area contributed by atoms with E-state index in [1.165, 1.54) is 0 Å². The fourth-order valence-corrected chi connectivity index (χ4v) is 5.93. The molecule has 0 amide bonds. The highest BCUT2D eigenvalue weighted by molar-refractivity contribution is 7.87. The SMILES string of the molecule is C=C(COCCCCC(F)(F)C(F)(F)S(=O)(=O)O)C(=O)OC1CC2C3CC(O)C(C3)C2C1. The Labute approximate surface area is 183 Å². The van der Waals surface area contributed by atoms with E-state index in [1.54, 1.807) is 0 Å². The maximum atomic E-state index is 13.4. The maximum Gasteiger partial charge on any atom is 0.431 e. The molecule has 3 aliphatic rings. The zero-order valence-corrected chi connectivity index (χ0v) is 18.2. The summed E-state index contributed by atoms with van der Waals surface area (Å²) in [6.45, 7) is 3.22. The first-order valence-electron chi connectivity index (χ1n) is 10.6. The standard InChI is InChI=1S/C20H28F4O7S/c1-11(10-30-5-3-2-4-19(21,22)20(23,24)32(27,28)29)18(26)31-13-8-14-12-6-16(15(14)9-13)17(25)7-12/h12-17,25H,1-10H2,(H,27,28,29). The molecule has 0 spiro atoms. The predicted molar refractivity (Wildman–Crippen MR) is 104 cm³/mol. The van der Waals surface area contributed by atoms with Gasteiger partial charge in [0.15, 0.2) is 0 Å². The number of rotatable bonds is 11. The van der Waals surface area contributed by atoms with E-state index >= 15 is 0 Å². The van der Waals surface area contributed by atoms with Gasteiger partial charge in [0.1, 0.15) is 6.10 Å². The second-order valence-corrected chi connectivity index (χ2v) is 10.6. The van der Waals surface area contributed by atoms with Gasteiger partial charge in [-0.25, -0.2) is 4.79 Å². The summed E-state index contributed by atoms with van der Waals surface area (Å²) in [6.07, 6.45) is 0.766. The van der Waals surface area contributed by atoms with Crippen molar-refractivity contribution in [2.45, 2.75) is 68.3 Å². The van der Waals surface area contributed by atoms with Gasteiger partial charge < -0.3 is 14.6 Å². The Hall–Kier alpha value is -1.24. The number of esters is 1. The average Bonchev–Trinajstić information content (AvgIpc) is 3.34. The van der Waals surface area contributed by atoms with E-state index in [9.17, 15) is 35.9 Å². The van der Waals surface area contributed by atoms with Crippen molar-refractivity contribution in [1.82, 2.24) is 0 Å². The maximum absolute atomic E-state index is 13.4. The number of aliphatic hydroxyl groups excluding tert-OH is 1. The van der Waals surface area contributed by atoms with E-state index in [0.717, 1.165) is 19.3 Å². The number of halogens is 4. The minimum absolute atomic E-state index is 0.0355. The van der Waals surface area contributed by atoms with Crippen LogP contribution in [0.1, 0.15) is 44.9 Å². The van der Waals surface area contributed by atoms with Gasteiger partial charge in [0.2, 0.25) is 0 Å². The smallest absolute Gasteiger partial charge is 0.431 e. The van der Waals surface area contributed by atoms with E-state index < -0.39 is 40.1 Å². The molecule has 0 aliphatic heterocycles. The topological polar surface area (TPSA) is 110 Å². The molecule has 3 rings (SSSR count). The molecule has 3 aliphatic carbocycles. The third-order valence-electron chi connectivity index (χ3n) is 7.01. The average molecular weight is 488 g/mol. The molecular formula is C20H28F4O7S. The largest absolute Gasteiger partial charge is 0.459 e.